The molecule has 60 heavy (non-hydrogen) atoms. The molecule has 4 bridgehead atoms. The quantitative estimate of drug-likeness (QED) is 0.117. The topological polar surface area (TPSA) is 319 Å². The molecule has 0 aromatic rings. The van der Waals surface area contributed by atoms with Crippen molar-refractivity contribution in [3.8, 4) is 0 Å². The van der Waals surface area contributed by atoms with Crippen LogP contribution < -0.4 is 0 Å². The van der Waals surface area contributed by atoms with Crippen LogP contribution in [0.3, 0.4) is 0 Å². The Kier molecular flexibility index (Phi) is 18.4. The largest absolute Gasteiger partial charge is 0.511 e. The summed E-state index contributed by atoms with van der Waals surface area (Å²) in [5.74, 6) is 0. The predicted molar refractivity (Wildman–Crippen MR) is 231 cm³/mol. The molecule has 4 aliphatic heterocycles. The van der Waals surface area contributed by atoms with E-state index in [1.165, 1.54) is 39.3 Å². The van der Waals surface area contributed by atoms with Crippen molar-refractivity contribution in [2.75, 3.05) is 21.3 Å². The van der Waals surface area contributed by atoms with Crippen molar-refractivity contribution in [1.29, 1.82) is 0 Å². The lowest BCUT2D eigenvalue weighted by atomic mass is 11.3. The lowest BCUT2D eigenvalue weighted by Crippen LogP contribution is -2.76. The van der Waals surface area contributed by atoms with Gasteiger partial charge in [0.15, 0.2) is 0 Å². The van der Waals surface area contributed by atoms with Crippen molar-refractivity contribution in [2.45, 2.75) is 45.8 Å². The van der Waals surface area contributed by atoms with Gasteiger partial charge in [-0.15, -0.1) is 13.2 Å². The number of rotatable bonds is 9. The lowest BCUT2D eigenvalue weighted by molar-refractivity contribution is 0.0446. The highest BCUT2D eigenvalue weighted by molar-refractivity contribution is 6.97. The minimum Gasteiger partial charge on any atom is -0.391 e. The summed E-state index contributed by atoms with van der Waals surface area (Å²) in [5.41, 5.74) is 6.24. The van der Waals surface area contributed by atoms with Gasteiger partial charge in [-0.2, -0.15) is 0 Å². The van der Waals surface area contributed by atoms with E-state index in [2.05, 4.69) is 39.5 Å². The summed E-state index contributed by atoms with van der Waals surface area (Å²) in [6, 6.07) is 0. The second kappa shape index (κ2) is 19.6. The Bertz CT molecular complexity index is 1400. The Labute approximate surface area is 362 Å². The van der Waals surface area contributed by atoms with Crippen LogP contribution in [0.4, 0.5) is 0 Å². The highest BCUT2D eigenvalue weighted by Crippen LogP contribution is 2.38. The van der Waals surface area contributed by atoms with Gasteiger partial charge in [0, 0.05) is 67.2 Å². The molecule has 8 N–H and O–H groups in total. The maximum absolute atomic E-state index is 10.6. The number of hydrogen-bond donors (Lipinski definition) is 8. The van der Waals surface area contributed by atoms with E-state index < -0.39 is 114 Å². The molecule has 4 rings (SSSR count). The van der Waals surface area contributed by atoms with Crippen LogP contribution in [0.15, 0.2) is 73.7 Å². The summed E-state index contributed by atoms with van der Waals surface area (Å²) in [4.78, 5) is 84.3. The molecule has 8 atom stereocenters. The standard InChI is InChI=1S/2C9H22O11Si6.C4H12O3Si/c2*1-7-24(12)14-21(4,10)16-26(9-3)17-22(5,11)15-25(13,8-2)19-23(6,18-24)20-26;1-5-8(4,6-2)7-3/h2*7-13H,1-3H2,4-6H3;1-4H3. The monoisotopic (exact) mass is 1080 g/mol. The maximum atomic E-state index is 10.6. The third-order valence-electron chi connectivity index (χ3n) is 7.29. The van der Waals surface area contributed by atoms with Crippen LogP contribution in [-0.2, 0) is 70.9 Å². The van der Waals surface area contributed by atoms with Crippen LogP contribution in [0.2, 0.25) is 45.8 Å². The van der Waals surface area contributed by atoms with E-state index in [-0.39, 0.29) is 0 Å². The first-order valence-corrected chi connectivity index (χ1v) is 43.7. The first-order chi connectivity index (χ1) is 26.9. The lowest BCUT2D eigenvalue weighted by Gasteiger charge is -2.49. The van der Waals surface area contributed by atoms with Crippen molar-refractivity contribution in [1.82, 2.24) is 0 Å². The molecule has 4 saturated heterocycles. The zero-order valence-electron chi connectivity index (χ0n) is 34.7. The van der Waals surface area contributed by atoms with Crippen molar-refractivity contribution < 1.29 is 109 Å². The summed E-state index contributed by atoms with van der Waals surface area (Å²) < 4.78 is 92.4. The zero-order chi connectivity index (χ0) is 46.8. The van der Waals surface area contributed by atoms with E-state index in [1.807, 2.05) is 6.55 Å². The van der Waals surface area contributed by atoms with Gasteiger partial charge in [0.05, 0.1) is 0 Å². The van der Waals surface area contributed by atoms with Crippen molar-refractivity contribution >= 4 is 114 Å². The Morgan fingerprint density at radius 2 is 0.550 bits per heavy atom. The molecule has 25 nitrogen and oxygen atoms in total. The van der Waals surface area contributed by atoms with E-state index in [9.17, 15) is 38.4 Å². The van der Waals surface area contributed by atoms with E-state index in [1.54, 1.807) is 21.3 Å². The van der Waals surface area contributed by atoms with E-state index in [0.29, 0.717) is 0 Å². The molecule has 0 saturated carbocycles. The molecule has 4 aliphatic rings. The van der Waals surface area contributed by atoms with Gasteiger partial charge in [0.1, 0.15) is 0 Å². The summed E-state index contributed by atoms with van der Waals surface area (Å²) in [7, 11) is -46.7. The third kappa shape index (κ3) is 15.4. The van der Waals surface area contributed by atoms with Crippen molar-refractivity contribution in [3.63, 3.8) is 0 Å². The molecule has 4 heterocycles. The van der Waals surface area contributed by atoms with Gasteiger partial charge in [-0.1, -0.05) is 26.3 Å². The summed E-state index contributed by atoms with van der Waals surface area (Å²) in [5, 5.41) is 0. The first-order valence-electron chi connectivity index (χ1n) is 17.0. The summed E-state index contributed by atoms with van der Waals surface area (Å²) in [6.07, 6.45) is 0. The van der Waals surface area contributed by atoms with Crippen LogP contribution in [-0.4, -0.2) is 174 Å². The Morgan fingerprint density at radius 1 is 0.350 bits per heavy atom. The normalized spacial score (nSPS) is 47.3. The van der Waals surface area contributed by atoms with E-state index in [0.717, 1.165) is 34.2 Å². The molecule has 0 aromatic carbocycles. The third-order valence-corrected chi connectivity index (χ3v) is 49.8. The highest BCUT2D eigenvalue weighted by atomic mass is 28.6. The zero-order valence-corrected chi connectivity index (χ0v) is 47.7. The number of fused-ring (bicyclic) bond motifs is 4. The first kappa shape index (κ1) is 56.4. The van der Waals surface area contributed by atoms with E-state index >= 15 is 0 Å². The van der Waals surface area contributed by atoms with Gasteiger partial charge in [-0.25, -0.2) is 0 Å². The van der Waals surface area contributed by atoms with Crippen molar-refractivity contribution in [3.05, 3.63) is 73.7 Å². The smallest absolute Gasteiger partial charge is 0.391 e. The van der Waals surface area contributed by atoms with Gasteiger partial charge >= 0.3 is 114 Å². The fourth-order valence-corrected chi connectivity index (χ4v) is 50.7. The van der Waals surface area contributed by atoms with E-state index in [4.69, 9.17) is 70.9 Å². The predicted octanol–water partition coefficient (Wildman–Crippen LogP) is -1.91. The molecular weight excluding hydrogens is 1030 g/mol. The SMILES string of the molecule is C=C[Si]1(O)O[Si](C)(O)O[Si]2(C=C)O[Si](C)(O)O[Si](O)(C=C)O[Si](C)(O1)O2.C=C[Si]1(O)O[Si](C)(O)O[Si]2(C=C)O[Si](C)(O)O[Si](O)(C=C)O[Si](C)(O1)O2.CO[Si](C)(OC)OC. The highest BCUT2D eigenvalue weighted by Gasteiger charge is 2.70. The number of hydrogen-bond acceptors (Lipinski definition) is 25. The molecular formula is C22H56O25Si13. The minimum absolute atomic E-state index is 0.991. The Hall–Kier alpha value is 0.259. The molecule has 38 heteroatoms. The molecule has 8 unspecified atom stereocenters. The maximum Gasteiger partial charge on any atom is 0.511 e. The second-order valence-electron chi connectivity index (χ2n) is 13.2. The van der Waals surface area contributed by atoms with Crippen LogP contribution in [0.25, 0.3) is 0 Å². The van der Waals surface area contributed by atoms with Crippen LogP contribution in [0.5, 0.6) is 0 Å². The molecule has 0 amide bonds. The van der Waals surface area contributed by atoms with Gasteiger partial charge in [0.2, 0.25) is 0 Å². The molecule has 0 spiro atoms. The molecule has 346 valence electrons. The molecule has 0 aliphatic carbocycles. The van der Waals surface area contributed by atoms with Gasteiger partial charge in [0.25, 0.3) is 0 Å². The van der Waals surface area contributed by atoms with Crippen LogP contribution >= 0.6 is 0 Å². The summed E-state index contributed by atoms with van der Waals surface area (Å²) >= 11 is 0. The Morgan fingerprint density at radius 3 is 0.683 bits per heavy atom. The van der Waals surface area contributed by atoms with Gasteiger partial charge in [-0.3, -0.25) is 0 Å². The summed E-state index contributed by atoms with van der Waals surface area (Å²) in [6.45, 7) is 30.3. The van der Waals surface area contributed by atoms with Gasteiger partial charge in [-0.05, 0) is 34.2 Å². The van der Waals surface area contributed by atoms with Crippen LogP contribution in [0.1, 0.15) is 0 Å². The fraction of sp³-hybridized carbons (Fsp3) is 0.455. The Balaban J connectivity index is 0.000000350. The minimum atomic E-state index is -4.21. The van der Waals surface area contributed by atoms with Gasteiger partial charge < -0.3 is 109 Å². The molecule has 0 aromatic heterocycles. The van der Waals surface area contributed by atoms with Crippen LogP contribution in [0, 0.1) is 0 Å². The average molecular weight is 1090 g/mol. The molecule has 0 radical (unpaired) electrons. The molecule has 4 fully saturated rings. The fourth-order valence-electron chi connectivity index (χ4n) is 4.97. The second-order valence-corrected chi connectivity index (χ2v) is 48.1. The average Bonchev–Trinajstić information content (AvgIpc) is 3.07. The van der Waals surface area contributed by atoms with Crippen molar-refractivity contribution in [2.24, 2.45) is 0 Å².